The van der Waals surface area contributed by atoms with E-state index < -0.39 is 0 Å². The zero-order valence-corrected chi connectivity index (χ0v) is 14.6. The number of aromatic nitrogens is 1. The number of carbonyl (C=O) groups excluding carboxylic acids is 1. The van der Waals surface area contributed by atoms with Crippen molar-refractivity contribution < 1.29 is 4.79 Å². The van der Waals surface area contributed by atoms with Crippen LogP contribution in [-0.4, -0.2) is 29.0 Å². The van der Waals surface area contributed by atoms with Crippen molar-refractivity contribution in [3.63, 3.8) is 0 Å². The zero-order chi connectivity index (χ0) is 16.3. The van der Waals surface area contributed by atoms with Crippen LogP contribution in [0.5, 0.6) is 0 Å². The number of amides is 1. The molecule has 0 fully saturated rings. The highest BCUT2D eigenvalue weighted by Gasteiger charge is 2.22. The van der Waals surface area contributed by atoms with E-state index in [9.17, 15) is 9.59 Å². The SMILES string of the molecule is CCCCN(C)C(=O)c1c(C)sc2ccn(CCC)c(=O)c12. The van der Waals surface area contributed by atoms with Gasteiger partial charge in [0.2, 0.25) is 0 Å². The van der Waals surface area contributed by atoms with Crippen LogP contribution in [0.1, 0.15) is 48.3 Å². The van der Waals surface area contributed by atoms with Gasteiger partial charge >= 0.3 is 0 Å². The van der Waals surface area contributed by atoms with Crippen molar-refractivity contribution >= 4 is 27.3 Å². The van der Waals surface area contributed by atoms with E-state index in [0.717, 1.165) is 35.4 Å². The van der Waals surface area contributed by atoms with E-state index in [1.165, 1.54) is 11.3 Å². The number of hydrogen-bond donors (Lipinski definition) is 0. The molecule has 0 aliphatic heterocycles. The first kappa shape index (κ1) is 16.7. The number of carbonyl (C=O) groups is 1. The summed E-state index contributed by atoms with van der Waals surface area (Å²) in [5.74, 6) is -0.0384. The summed E-state index contributed by atoms with van der Waals surface area (Å²) in [5, 5.41) is 0.590. The Hall–Kier alpha value is -1.62. The van der Waals surface area contributed by atoms with Gasteiger partial charge in [0.1, 0.15) is 0 Å². The van der Waals surface area contributed by atoms with E-state index in [0.29, 0.717) is 17.5 Å². The van der Waals surface area contributed by atoms with Gasteiger partial charge in [-0.2, -0.15) is 0 Å². The van der Waals surface area contributed by atoms with Gasteiger partial charge in [-0.3, -0.25) is 9.59 Å². The maximum Gasteiger partial charge on any atom is 0.260 e. The van der Waals surface area contributed by atoms with E-state index in [1.807, 2.05) is 33.2 Å². The number of rotatable bonds is 6. The molecule has 22 heavy (non-hydrogen) atoms. The van der Waals surface area contributed by atoms with Crippen molar-refractivity contribution in [2.24, 2.45) is 0 Å². The van der Waals surface area contributed by atoms with Gasteiger partial charge in [0.15, 0.2) is 0 Å². The van der Waals surface area contributed by atoms with E-state index in [4.69, 9.17) is 0 Å². The molecule has 2 heterocycles. The molecule has 0 saturated heterocycles. The second kappa shape index (κ2) is 7.09. The van der Waals surface area contributed by atoms with Crippen LogP contribution in [0.4, 0.5) is 0 Å². The molecule has 120 valence electrons. The fourth-order valence-corrected chi connectivity index (χ4v) is 3.67. The predicted molar refractivity (Wildman–Crippen MR) is 93.0 cm³/mol. The molecule has 0 N–H and O–H groups in total. The highest BCUT2D eigenvalue weighted by atomic mass is 32.1. The van der Waals surface area contributed by atoms with E-state index >= 15 is 0 Å². The van der Waals surface area contributed by atoms with Crippen molar-refractivity contribution in [1.82, 2.24) is 9.47 Å². The normalized spacial score (nSPS) is 11.1. The van der Waals surface area contributed by atoms with Crippen molar-refractivity contribution in [2.75, 3.05) is 13.6 Å². The molecule has 2 aromatic heterocycles. The second-order valence-corrected chi connectivity index (χ2v) is 6.92. The highest BCUT2D eigenvalue weighted by molar-refractivity contribution is 7.19. The molecule has 0 unspecified atom stereocenters. The minimum Gasteiger partial charge on any atom is -0.342 e. The van der Waals surface area contributed by atoms with Crippen LogP contribution in [0.2, 0.25) is 0 Å². The molecule has 2 aromatic rings. The van der Waals surface area contributed by atoms with Gasteiger partial charge in [-0.05, 0) is 25.8 Å². The minimum atomic E-state index is -0.0454. The van der Waals surface area contributed by atoms with E-state index in [2.05, 4.69) is 6.92 Å². The summed E-state index contributed by atoms with van der Waals surface area (Å²) in [6.45, 7) is 7.48. The predicted octanol–water partition coefficient (Wildman–Crippen LogP) is 3.65. The van der Waals surface area contributed by atoms with Gasteiger partial charge in [0.25, 0.3) is 11.5 Å². The summed E-state index contributed by atoms with van der Waals surface area (Å²) < 4.78 is 2.61. The maximum absolute atomic E-state index is 12.8. The number of thiophene rings is 1. The van der Waals surface area contributed by atoms with Crippen molar-refractivity contribution in [2.45, 2.75) is 46.6 Å². The minimum absolute atomic E-state index is 0.0384. The molecule has 0 atom stereocenters. The molecule has 0 aromatic carbocycles. The topological polar surface area (TPSA) is 42.3 Å². The van der Waals surface area contributed by atoms with E-state index in [1.54, 1.807) is 9.47 Å². The molecule has 0 spiro atoms. The monoisotopic (exact) mass is 320 g/mol. The number of unbranched alkanes of at least 4 members (excludes halogenated alkanes) is 1. The average molecular weight is 320 g/mol. The number of fused-ring (bicyclic) bond motifs is 1. The quantitative estimate of drug-likeness (QED) is 0.815. The lowest BCUT2D eigenvalue weighted by Crippen LogP contribution is -2.29. The Morgan fingerprint density at radius 3 is 2.68 bits per heavy atom. The molecule has 4 nitrogen and oxygen atoms in total. The molecule has 0 saturated carbocycles. The van der Waals surface area contributed by atoms with Crippen LogP contribution < -0.4 is 5.56 Å². The van der Waals surface area contributed by atoms with Gasteiger partial charge < -0.3 is 9.47 Å². The van der Waals surface area contributed by atoms with Gasteiger partial charge in [-0.15, -0.1) is 11.3 Å². The Balaban J connectivity index is 2.53. The maximum atomic E-state index is 12.8. The third-order valence-corrected chi connectivity index (χ3v) is 4.93. The molecule has 0 radical (unpaired) electrons. The molecule has 0 bridgehead atoms. The summed E-state index contributed by atoms with van der Waals surface area (Å²) in [7, 11) is 1.81. The first-order valence-electron chi connectivity index (χ1n) is 7.89. The Labute approximate surface area is 135 Å². The van der Waals surface area contributed by atoms with Crippen LogP contribution in [0.25, 0.3) is 10.1 Å². The summed E-state index contributed by atoms with van der Waals surface area (Å²) in [5.41, 5.74) is 0.546. The smallest absolute Gasteiger partial charge is 0.260 e. The fraction of sp³-hybridized carbons (Fsp3) is 0.529. The van der Waals surface area contributed by atoms with Crippen LogP contribution in [0.15, 0.2) is 17.1 Å². The number of nitrogens with zero attached hydrogens (tertiary/aromatic N) is 2. The summed E-state index contributed by atoms with van der Waals surface area (Å²) in [6.07, 6.45) is 4.75. The Morgan fingerprint density at radius 2 is 2.05 bits per heavy atom. The first-order chi connectivity index (χ1) is 10.5. The molecular formula is C17H24N2O2S. The van der Waals surface area contributed by atoms with Crippen LogP contribution in [0, 0.1) is 6.92 Å². The molecule has 0 aliphatic rings. The van der Waals surface area contributed by atoms with Crippen molar-refractivity contribution in [3.05, 3.63) is 33.1 Å². The van der Waals surface area contributed by atoms with Crippen LogP contribution in [-0.2, 0) is 6.54 Å². The van der Waals surface area contributed by atoms with E-state index in [-0.39, 0.29) is 11.5 Å². The first-order valence-corrected chi connectivity index (χ1v) is 8.70. The summed E-state index contributed by atoms with van der Waals surface area (Å²) >= 11 is 1.53. The summed E-state index contributed by atoms with van der Waals surface area (Å²) in [6, 6.07) is 1.95. The average Bonchev–Trinajstić information content (AvgIpc) is 2.84. The molecule has 5 heteroatoms. The van der Waals surface area contributed by atoms with Crippen molar-refractivity contribution in [1.29, 1.82) is 0 Å². The summed E-state index contributed by atoms with van der Waals surface area (Å²) in [4.78, 5) is 28.1. The van der Waals surface area contributed by atoms with Crippen molar-refractivity contribution in [3.8, 4) is 0 Å². The number of aryl methyl sites for hydroxylation is 2. The molecule has 2 rings (SSSR count). The van der Waals surface area contributed by atoms with Gasteiger partial charge in [-0.1, -0.05) is 20.3 Å². The Bertz CT molecular complexity index is 730. The molecular weight excluding hydrogens is 296 g/mol. The third kappa shape index (κ3) is 3.09. The van der Waals surface area contributed by atoms with Gasteiger partial charge in [-0.25, -0.2) is 0 Å². The second-order valence-electron chi connectivity index (χ2n) is 5.67. The lowest BCUT2D eigenvalue weighted by molar-refractivity contribution is 0.0795. The number of hydrogen-bond acceptors (Lipinski definition) is 3. The Morgan fingerprint density at radius 1 is 1.32 bits per heavy atom. The van der Waals surface area contributed by atoms with Crippen LogP contribution >= 0.6 is 11.3 Å². The lowest BCUT2D eigenvalue weighted by atomic mass is 10.1. The lowest BCUT2D eigenvalue weighted by Gasteiger charge is -2.17. The van der Waals surface area contributed by atoms with Gasteiger partial charge in [0, 0.05) is 35.9 Å². The Kier molecular flexibility index (Phi) is 5.40. The fourth-order valence-electron chi connectivity index (χ4n) is 2.63. The van der Waals surface area contributed by atoms with Gasteiger partial charge in [0.05, 0.1) is 10.9 Å². The number of pyridine rings is 1. The third-order valence-electron chi connectivity index (χ3n) is 3.86. The molecule has 1 amide bonds. The largest absolute Gasteiger partial charge is 0.342 e. The van der Waals surface area contributed by atoms with Crippen LogP contribution in [0.3, 0.4) is 0 Å². The molecule has 0 aliphatic carbocycles. The zero-order valence-electron chi connectivity index (χ0n) is 13.8. The highest BCUT2D eigenvalue weighted by Crippen LogP contribution is 2.29. The standard InChI is InChI=1S/C17H24N2O2S/c1-5-7-10-18(4)16(20)14-12(3)22-13-8-11-19(9-6-2)17(21)15(13)14/h8,11H,5-7,9-10H2,1-4H3.